The molecule has 0 spiro atoms. The molecule has 4 fully saturated rings. The van der Waals surface area contributed by atoms with E-state index in [2.05, 4.69) is 6.07 Å². The first-order chi connectivity index (χ1) is 8.64. The first-order valence-electron chi connectivity index (χ1n) is 7.20. The summed E-state index contributed by atoms with van der Waals surface area (Å²) in [5.41, 5.74) is 8.97. The van der Waals surface area contributed by atoms with E-state index >= 15 is 0 Å². The van der Waals surface area contributed by atoms with Gasteiger partial charge in [0.25, 0.3) is 0 Å². The first-order valence-corrected chi connectivity index (χ1v) is 7.58. The number of rotatable bonds is 1. The van der Waals surface area contributed by atoms with Crippen LogP contribution in [0.1, 0.15) is 44.1 Å². The van der Waals surface area contributed by atoms with Gasteiger partial charge in [-0.3, -0.25) is 0 Å². The highest BCUT2D eigenvalue weighted by molar-refractivity contribution is 6.30. The zero-order chi connectivity index (χ0) is 12.3. The van der Waals surface area contributed by atoms with Crippen molar-refractivity contribution >= 4 is 17.3 Å². The molecule has 2 heteroatoms. The Morgan fingerprint density at radius 2 is 1.56 bits per heavy atom. The van der Waals surface area contributed by atoms with Crippen molar-refractivity contribution in [2.24, 2.45) is 17.8 Å². The predicted octanol–water partition coefficient (Wildman–Crippen LogP) is 4.39. The molecule has 4 saturated carbocycles. The summed E-state index contributed by atoms with van der Waals surface area (Å²) in [7, 11) is 0. The van der Waals surface area contributed by atoms with Crippen LogP contribution >= 0.6 is 11.6 Å². The van der Waals surface area contributed by atoms with E-state index in [4.69, 9.17) is 17.3 Å². The summed E-state index contributed by atoms with van der Waals surface area (Å²) in [6, 6.07) is 6.16. The average molecular weight is 262 g/mol. The monoisotopic (exact) mass is 261 g/mol. The van der Waals surface area contributed by atoms with Crippen LogP contribution in [-0.2, 0) is 5.41 Å². The third kappa shape index (κ3) is 1.53. The molecule has 4 bridgehead atoms. The molecule has 1 aromatic carbocycles. The Labute approximate surface area is 114 Å². The fraction of sp³-hybridized carbons (Fsp3) is 0.625. The molecule has 0 saturated heterocycles. The minimum Gasteiger partial charge on any atom is -0.398 e. The van der Waals surface area contributed by atoms with Crippen molar-refractivity contribution in [2.75, 3.05) is 5.73 Å². The molecule has 4 aliphatic rings. The van der Waals surface area contributed by atoms with Crippen LogP contribution in [0.2, 0.25) is 5.02 Å². The highest BCUT2D eigenvalue weighted by atomic mass is 35.5. The molecular formula is C16H20ClN. The lowest BCUT2D eigenvalue weighted by molar-refractivity contribution is -0.00483. The maximum Gasteiger partial charge on any atom is 0.0426 e. The molecule has 1 nitrogen and oxygen atoms in total. The topological polar surface area (TPSA) is 26.0 Å². The van der Waals surface area contributed by atoms with E-state index in [1.807, 2.05) is 12.1 Å². The summed E-state index contributed by atoms with van der Waals surface area (Å²) in [4.78, 5) is 0. The van der Waals surface area contributed by atoms with Crippen LogP contribution < -0.4 is 5.73 Å². The van der Waals surface area contributed by atoms with Crippen molar-refractivity contribution in [3.8, 4) is 0 Å². The summed E-state index contributed by atoms with van der Waals surface area (Å²) in [5, 5.41) is 0.765. The number of hydrogen-bond acceptors (Lipinski definition) is 1. The van der Waals surface area contributed by atoms with Crippen molar-refractivity contribution in [3.63, 3.8) is 0 Å². The van der Waals surface area contributed by atoms with Crippen LogP contribution in [0.25, 0.3) is 0 Å². The van der Waals surface area contributed by atoms with Crippen LogP contribution in [0.3, 0.4) is 0 Å². The lowest BCUT2D eigenvalue weighted by atomic mass is 9.48. The minimum atomic E-state index is 0.392. The molecule has 5 rings (SSSR count). The fourth-order valence-electron chi connectivity index (χ4n) is 5.46. The zero-order valence-corrected chi connectivity index (χ0v) is 11.4. The van der Waals surface area contributed by atoms with Gasteiger partial charge in [-0.2, -0.15) is 0 Å². The largest absolute Gasteiger partial charge is 0.398 e. The molecule has 0 amide bonds. The maximum atomic E-state index is 6.26. The van der Waals surface area contributed by atoms with Crippen LogP contribution in [-0.4, -0.2) is 0 Å². The third-order valence-electron chi connectivity index (χ3n) is 5.62. The molecule has 0 radical (unpaired) electrons. The number of hydrogen-bond donors (Lipinski definition) is 1. The van der Waals surface area contributed by atoms with E-state index < -0.39 is 0 Å². The molecular weight excluding hydrogens is 242 g/mol. The van der Waals surface area contributed by atoms with E-state index in [9.17, 15) is 0 Å². The summed E-state index contributed by atoms with van der Waals surface area (Å²) in [6.07, 6.45) is 8.53. The average Bonchev–Trinajstić information content (AvgIpc) is 2.26. The summed E-state index contributed by atoms with van der Waals surface area (Å²) >= 11 is 6.04. The molecule has 4 aliphatic carbocycles. The summed E-state index contributed by atoms with van der Waals surface area (Å²) < 4.78 is 0. The first kappa shape index (κ1) is 11.2. The standard InChI is InChI=1S/C16H20ClN/c17-13-1-2-14(15(18)6-13)16-7-10-3-11(8-16)5-12(4-10)9-16/h1-2,6,10-12H,3-5,7-9,18H2. The molecule has 96 valence electrons. The van der Waals surface area contributed by atoms with E-state index in [0.717, 1.165) is 28.5 Å². The number of benzene rings is 1. The molecule has 0 aliphatic heterocycles. The van der Waals surface area contributed by atoms with Gasteiger partial charge in [0.15, 0.2) is 0 Å². The normalized spacial score (nSPS) is 41.3. The van der Waals surface area contributed by atoms with Gasteiger partial charge >= 0.3 is 0 Å². The van der Waals surface area contributed by atoms with Crippen molar-refractivity contribution in [1.82, 2.24) is 0 Å². The second-order valence-corrected chi connectivity index (χ2v) is 7.37. The quantitative estimate of drug-likeness (QED) is 0.746. The molecule has 0 atom stereocenters. The summed E-state index contributed by atoms with van der Waals surface area (Å²) in [5.74, 6) is 2.89. The number of nitrogen functional groups attached to an aromatic ring is 1. The van der Waals surface area contributed by atoms with Crippen LogP contribution in [0.15, 0.2) is 18.2 Å². The van der Waals surface area contributed by atoms with Crippen molar-refractivity contribution < 1.29 is 0 Å². The maximum absolute atomic E-state index is 6.26. The van der Waals surface area contributed by atoms with Gasteiger partial charge in [-0.15, -0.1) is 0 Å². The Hall–Kier alpha value is -0.690. The van der Waals surface area contributed by atoms with Gasteiger partial charge in [-0.25, -0.2) is 0 Å². The Balaban J connectivity index is 1.79. The molecule has 0 heterocycles. The number of halogens is 1. The van der Waals surface area contributed by atoms with E-state index in [1.165, 1.54) is 44.1 Å². The van der Waals surface area contributed by atoms with Crippen molar-refractivity contribution in [3.05, 3.63) is 28.8 Å². The minimum absolute atomic E-state index is 0.392. The Morgan fingerprint density at radius 3 is 2.06 bits per heavy atom. The Kier molecular flexibility index (Phi) is 2.27. The predicted molar refractivity (Wildman–Crippen MR) is 75.7 cm³/mol. The third-order valence-corrected chi connectivity index (χ3v) is 5.86. The lowest BCUT2D eigenvalue weighted by Crippen LogP contribution is -2.48. The number of nitrogens with two attached hydrogens (primary N) is 1. The molecule has 1 aromatic rings. The van der Waals surface area contributed by atoms with Crippen molar-refractivity contribution in [2.45, 2.75) is 43.9 Å². The number of anilines is 1. The van der Waals surface area contributed by atoms with Crippen LogP contribution in [0.5, 0.6) is 0 Å². The van der Waals surface area contributed by atoms with E-state index in [0.29, 0.717) is 5.41 Å². The SMILES string of the molecule is Nc1cc(Cl)ccc1C12CC3CC(CC(C3)C1)C2. The van der Waals surface area contributed by atoms with E-state index in [1.54, 1.807) is 0 Å². The zero-order valence-electron chi connectivity index (χ0n) is 10.7. The van der Waals surface area contributed by atoms with Gasteiger partial charge < -0.3 is 5.73 Å². The van der Waals surface area contributed by atoms with Crippen molar-refractivity contribution in [1.29, 1.82) is 0 Å². The highest BCUT2D eigenvalue weighted by Crippen LogP contribution is 2.61. The molecule has 18 heavy (non-hydrogen) atoms. The Bertz CT molecular complexity index is 459. The van der Waals surface area contributed by atoms with Gasteiger partial charge in [-0.05, 0) is 79.4 Å². The summed E-state index contributed by atoms with van der Waals surface area (Å²) in [6.45, 7) is 0. The van der Waals surface area contributed by atoms with Gasteiger partial charge in [0.1, 0.15) is 0 Å². The second-order valence-electron chi connectivity index (χ2n) is 6.93. The lowest BCUT2D eigenvalue weighted by Gasteiger charge is -2.57. The van der Waals surface area contributed by atoms with Crippen LogP contribution in [0.4, 0.5) is 5.69 Å². The smallest absolute Gasteiger partial charge is 0.0426 e. The second kappa shape index (κ2) is 3.66. The van der Waals surface area contributed by atoms with E-state index in [-0.39, 0.29) is 0 Å². The Morgan fingerprint density at radius 1 is 1.00 bits per heavy atom. The van der Waals surface area contributed by atoms with Crippen LogP contribution in [0, 0.1) is 17.8 Å². The van der Waals surface area contributed by atoms with Gasteiger partial charge in [0.05, 0.1) is 0 Å². The molecule has 0 aromatic heterocycles. The van der Waals surface area contributed by atoms with Gasteiger partial charge in [0.2, 0.25) is 0 Å². The molecule has 2 N–H and O–H groups in total. The van der Waals surface area contributed by atoms with Gasteiger partial charge in [-0.1, -0.05) is 17.7 Å². The highest BCUT2D eigenvalue weighted by Gasteiger charge is 2.52. The fourth-order valence-corrected chi connectivity index (χ4v) is 5.64. The van der Waals surface area contributed by atoms with Gasteiger partial charge in [0, 0.05) is 10.7 Å². The molecule has 0 unspecified atom stereocenters.